The third kappa shape index (κ3) is 4.64. The first-order valence-electron chi connectivity index (χ1n) is 10.8. The average Bonchev–Trinajstić information content (AvgIpc) is 2.58. The molecule has 0 aromatic heterocycles. The van der Waals surface area contributed by atoms with Crippen molar-refractivity contribution in [1.82, 2.24) is 0 Å². The van der Waals surface area contributed by atoms with Gasteiger partial charge in [0.05, 0.1) is 28.9 Å². The molecule has 2 rings (SSSR count). The molecule has 0 aliphatic heterocycles. The summed E-state index contributed by atoms with van der Waals surface area (Å²) in [6.07, 6.45) is -0.396. The number of alkyl halides is 1. The number of hydrogen-bond acceptors (Lipinski definition) is 2. The van der Waals surface area contributed by atoms with Gasteiger partial charge in [-0.2, -0.15) is 0 Å². The van der Waals surface area contributed by atoms with Crippen molar-refractivity contribution in [1.29, 1.82) is 0 Å². The van der Waals surface area contributed by atoms with Crippen molar-refractivity contribution in [3.05, 3.63) is 48.0 Å². The molecule has 0 spiro atoms. The SMILES string of the molecule is CC(=O)C(Cl)C(O[Si]([Si](C)(C)C)([Si](C)(C)C)[Si](C)(C)C)c1cccc2ccccc12. The number of hydrogen-bond donors (Lipinski definition) is 0. The average molecular weight is 495 g/mol. The molecule has 0 bridgehead atoms. The summed E-state index contributed by atoms with van der Waals surface area (Å²) in [7, 11) is -5.04. The van der Waals surface area contributed by atoms with Gasteiger partial charge in [-0.25, -0.2) is 0 Å². The van der Waals surface area contributed by atoms with Crippen LogP contribution in [0.1, 0.15) is 18.6 Å². The van der Waals surface area contributed by atoms with Crippen LogP contribution >= 0.6 is 11.6 Å². The van der Waals surface area contributed by atoms with Gasteiger partial charge in [0, 0.05) is 0 Å². The van der Waals surface area contributed by atoms with E-state index in [2.05, 4.69) is 101 Å². The van der Waals surface area contributed by atoms with Crippen molar-refractivity contribution < 1.29 is 9.22 Å². The Balaban J connectivity index is 2.83. The fourth-order valence-corrected chi connectivity index (χ4v) is 100. The first-order chi connectivity index (χ1) is 13.5. The Hall–Kier alpha value is -0.512. The van der Waals surface area contributed by atoms with E-state index in [-0.39, 0.29) is 5.78 Å². The van der Waals surface area contributed by atoms with Gasteiger partial charge in [0.15, 0.2) is 12.7 Å². The third-order valence-corrected chi connectivity index (χ3v) is 74.3. The van der Waals surface area contributed by atoms with Crippen LogP contribution in [0.4, 0.5) is 0 Å². The molecule has 2 aromatic carbocycles. The maximum atomic E-state index is 12.6. The van der Waals surface area contributed by atoms with Gasteiger partial charge in [-0.1, -0.05) is 101 Å². The van der Waals surface area contributed by atoms with E-state index >= 15 is 0 Å². The summed E-state index contributed by atoms with van der Waals surface area (Å²) >= 11 is 6.87. The largest absolute Gasteiger partial charge is 0.417 e. The molecule has 0 fully saturated rings. The van der Waals surface area contributed by atoms with Crippen molar-refractivity contribution in [2.45, 2.75) is 77.3 Å². The summed E-state index contributed by atoms with van der Waals surface area (Å²) in [5, 5.41) is 1.63. The zero-order chi connectivity index (χ0) is 23.1. The van der Waals surface area contributed by atoms with Gasteiger partial charge in [0.2, 0.25) is 0 Å². The number of ketones is 1. The Bertz CT molecular complexity index is 868. The highest BCUT2D eigenvalue weighted by atomic mass is 35.5. The predicted molar refractivity (Wildman–Crippen MR) is 144 cm³/mol. The Morgan fingerprint density at radius 2 is 1.27 bits per heavy atom. The summed E-state index contributed by atoms with van der Waals surface area (Å²) in [4.78, 5) is 12.6. The maximum Gasteiger partial charge on any atom is 0.159 e. The van der Waals surface area contributed by atoms with Gasteiger partial charge in [-0.3, -0.25) is 4.79 Å². The number of halogens is 1. The number of carbonyl (C=O) groups is 1. The van der Waals surface area contributed by atoms with E-state index < -0.39 is 41.1 Å². The molecule has 2 atom stereocenters. The van der Waals surface area contributed by atoms with Crippen LogP contribution in [0.3, 0.4) is 0 Å². The number of Topliss-reactive ketones (excluding diaryl/α,β-unsaturated/α-hetero) is 1. The monoisotopic (exact) mass is 494 g/mol. The van der Waals surface area contributed by atoms with Crippen LogP contribution in [0.2, 0.25) is 58.9 Å². The van der Waals surface area contributed by atoms with Crippen LogP contribution in [0.25, 0.3) is 10.8 Å². The molecule has 7 heteroatoms. The van der Waals surface area contributed by atoms with E-state index in [1.165, 1.54) is 0 Å². The second-order valence-electron chi connectivity index (χ2n) is 11.6. The summed E-state index contributed by atoms with van der Waals surface area (Å²) in [6.45, 7) is 21.9. The fourth-order valence-electron chi connectivity index (χ4n) is 6.09. The van der Waals surface area contributed by atoms with Crippen LogP contribution in [-0.2, 0) is 9.22 Å². The van der Waals surface area contributed by atoms with Crippen molar-refractivity contribution in [2.75, 3.05) is 0 Å². The van der Waals surface area contributed by atoms with Crippen LogP contribution in [0.5, 0.6) is 0 Å². The highest BCUT2D eigenvalue weighted by molar-refractivity contribution is 7.87. The lowest BCUT2D eigenvalue weighted by Gasteiger charge is -2.57. The molecule has 0 aliphatic carbocycles. The van der Waals surface area contributed by atoms with E-state index in [9.17, 15) is 4.79 Å². The first-order valence-corrected chi connectivity index (χ1v) is 26.7. The molecule has 0 radical (unpaired) electrons. The lowest BCUT2D eigenvalue weighted by Crippen LogP contribution is -2.84. The molecule has 0 saturated heterocycles. The molecular weight excluding hydrogens is 456 g/mol. The zero-order valence-corrected chi connectivity index (χ0v) is 25.1. The highest BCUT2D eigenvalue weighted by Crippen LogP contribution is 2.44. The molecule has 0 amide bonds. The van der Waals surface area contributed by atoms with Crippen molar-refractivity contribution >= 4 is 57.8 Å². The molecule has 166 valence electrons. The van der Waals surface area contributed by atoms with Crippen molar-refractivity contribution in [2.24, 2.45) is 0 Å². The first kappa shape index (κ1) is 25.7. The Morgan fingerprint density at radius 3 is 1.73 bits per heavy atom. The van der Waals surface area contributed by atoms with Crippen molar-refractivity contribution in [3.63, 3.8) is 0 Å². The molecule has 2 aromatic rings. The summed E-state index contributed by atoms with van der Waals surface area (Å²) in [5.41, 5.74) is 1.06. The van der Waals surface area contributed by atoms with E-state index in [1.807, 2.05) is 0 Å². The fraction of sp³-hybridized carbons (Fsp3) is 0.522. The van der Waals surface area contributed by atoms with Crippen LogP contribution in [0, 0.1) is 0 Å². The van der Waals surface area contributed by atoms with Crippen LogP contribution in [-0.4, -0.2) is 40.8 Å². The zero-order valence-electron chi connectivity index (χ0n) is 20.4. The van der Waals surface area contributed by atoms with Crippen LogP contribution < -0.4 is 0 Å². The second-order valence-corrected chi connectivity index (χ2v) is 51.5. The third-order valence-electron chi connectivity index (χ3n) is 6.26. The Labute approximate surface area is 191 Å². The number of carbonyl (C=O) groups excluding carboxylic acids is 1. The molecule has 2 nitrogen and oxygen atoms in total. The van der Waals surface area contributed by atoms with Gasteiger partial charge in [0.1, 0.15) is 5.38 Å². The summed E-state index contributed by atoms with van der Waals surface area (Å²) < 4.78 is 7.52. The molecule has 30 heavy (non-hydrogen) atoms. The molecular formula is C23H39ClO2Si4. The second kappa shape index (κ2) is 8.79. The Kier molecular flexibility index (Phi) is 7.54. The molecule has 0 heterocycles. The number of benzene rings is 2. The summed E-state index contributed by atoms with van der Waals surface area (Å²) in [6, 6.07) is 14.7. The molecule has 0 N–H and O–H groups in total. The minimum Gasteiger partial charge on any atom is -0.417 e. The van der Waals surface area contributed by atoms with Gasteiger partial charge in [-0.05, 0) is 23.3 Å². The van der Waals surface area contributed by atoms with Crippen LogP contribution in [0.15, 0.2) is 42.5 Å². The topological polar surface area (TPSA) is 26.3 Å². The standard InChI is InChI=1S/C23H39ClO2Si4/c1-18(25)22(24)23(21-17-13-15-19-14-11-12-16-20(19)21)26-30(27(2,3)4,28(5,6)7)29(8,9)10/h11-17,22-23H,1-10H3. The van der Waals surface area contributed by atoms with Gasteiger partial charge < -0.3 is 4.43 Å². The van der Waals surface area contributed by atoms with Gasteiger partial charge in [-0.15, -0.1) is 11.6 Å². The lowest BCUT2D eigenvalue weighted by molar-refractivity contribution is -0.118. The van der Waals surface area contributed by atoms with E-state index in [0.29, 0.717) is 0 Å². The quantitative estimate of drug-likeness (QED) is 0.284. The van der Waals surface area contributed by atoms with Gasteiger partial charge >= 0.3 is 0 Å². The highest BCUT2D eigenvalue weighted by Gasteiger charge is 2.65. The number of rotatable bonds is 8. The minimum atomic E-state index is -2.16. The normalized spacial score (nSPS) is 15.8. The smallest absolute Gasteiger partial charge is 0.159 e. The Morgan fingerprint density at radius 1 is 0.800 bits per heavy atom. The van der Waals surface area contributed by atoms with Gasteiger partial charge in [0.25, 0.3) is 0 Å². The van der Waals surface area contributed by atoms with Crippen molar-refractivity contribution in [3.8, 4) is 0 Å². The number of fused-ring (bicyclic) bond motifs is 1. The molecule has 2 unspecified atom stereocenters. The molecule has 0 aliphatic rings. The maximum absolute atomic E-state index is 12.6. The van der Waals surface area contributed by atoms with E-state index in [4.69, 9.17) is 16.0 Å². The lowest BCUT2D eigenvalue weighted by atomic mass is 9.97. The van der Waals surface area contributed by atoms with E-state index in [1.54, 1.807) is 6.92 Å². The summed E-state index contributed by atoms with van der Waals surface area (Å²) in [5.74, 6) is -0.0146. The minimum absolute atomic E-state index is 0.0146. The van der Waals surface area contributed by atoms with E-state index in [0.717, 1.165) is 16.3 Å². The predicted octanol–water partition coefficient (Wildman–Crippen LogP) is 7.29. The molecule has 0 saturated carbocycles.